The van der Waals surface area contributed by atoms with E-state index in [1.54, 1.807) is 16.2 Å². The number of amides is 1. The fraction of sp³-hybridized carbons (Fsp3) is 0.450. The molecule has 25 heavy (non-hydrogen) atoms. The number of fused-ring (bicyclic) bond motifs is 2. The zero-order valence-corrected chi connectivity index (χ0v) is 15.5. The highest BCUT2D eigenvalue weighted by atomic mass is 32.1. The number of thiophene rings is 1. The molecular weight excluding hydrogens is 332 g/mol. The third-order valence-electron chi connectivity index (χ3n) is 5.91. The van der Waals surface area contributed by atoms with E-state index >= 15 is 0 Å². The Kier molecular flexibility index (Phi) is 4.29. The van der Waals surface area contributed by atoms with Gasteiger partial charge in [-0.15, -0.1) is 11.3 Å². The molecule has 2 bridgehead atoms. The number of carbonyl (C=O) groups is 1. The van der Waals surface area contributed by atoms with Crippen LogP contribution >= 0.6 is 11.3 Å². The summed E-state index contributed by atoms with van der Waals surface area (Å²) in [7, 11) is 2.19. The van der Waals surface area contributed by atoms with Gasteiger partial charge in [-0.2, -0.15) is 0 Å². The molecule has 0 saturated carbocycles. The van der Waals surface area contributed by atoms with E-state index in [1.807, 2.05) is 36.6 Å². The molecule has 4 nitrogen and oxygen atoms in total. The summed E-state index contributed by atoms with van der Waals surface area (Å²) in [5.74, 6) is 0. The fourth-order valence-corrected chi connectivity index (χ4v) is 5.39. The van der Waals surface area contributed by atoms with Crippen molar-refractivity contribution in [3.63, 3.8) is 0 Å². The van der Waals surface area contributed by atoms with E-state index in [0.717, 1.165) is 34.5 Å². The van der Waals surface area contributed by atoms with Gasteiger partial charge in [0.05, 0.1) is 5.69 Å². The maximum atomic E-state index is 12.3. The highest BCUT2D eigenvalue weighted by Crippen LogP contribution is 2.42. The number of hydrogen-bond acceptors (Lipinski definition) is 3. The normalized spacial score (nSPS) is 25.9. The maximum Gasteiger partial charge on any atom is 0.412 e. The van der Waals surface area contributed by atoms with E-state index in [-0.39, 0.29) is 6.04 Å². The third-order valence-corrected chi connectivity index (χ3v) is 6.81. The molecule has 2 aliphatic rings. The molecule has 132 valence electrons. The number of hydrogen-bond donors (Lipinski definition) is 1. The van der Waals surface area contributed by atoms with Crippen molar-refractivity contribution in [2.24, 2.45) is 0 Å². The smallest absolute Gasteiger partial charge is 0.412 e. The lowest BCUT2D eigenvalue weighted by molar-refractivity contribution is 0.151. The Bertz CT molecular complexity index is 760. The standard InChI is InChI=1S/C20H24N2O2S/c1-13-5-3-6-17(18-7-4-10-25-18)19(13)22(20(23)24)16-11-14-8-9-15(12-16)21(14)2/h3-7,10,14-16H,8-9,11-12H2,1-2H3,(H,23,24)/t14-,15+,16?. The van der Waals surface area contributed by atoms with Gasteiger partial charge in [-0.05, 0) is 56.7 Å². The molecule has 2 aliphatic heterocycles. The first-order valence-electron chi connectivity index (χ1n) is 8.94. The molecule has 5 heteroatoms. The van der Waals surface area contributed by atoms with Crippen LogP contribution in [-0.2, 0) is 0 Å². The summed E-state index contributed by atoms with van der Waals surface area (Å²) in [6, 6.07) is 11.3. The third kappa shape index (κ3) is 2.85. The van der Waals surface area contributed by atoms with Gasteiger partial charge in [-0.25, -0.2) is 4.79 Å². The Morgan fingerprint density at radius 1 is 1.20 bits per heavy atom. The molecule has 2 aromatic rings. The van der Waals surface area contributed by atoms with Gasteiger partial charge in [-0.3, -0.25) is 4.90 Å². The van der Waals surface area contributed by atoms with Crippen LogP contribution in [-0.4, -0.2) is 41.3 Å². The van der Waals surface area contributed by atoms with Crippen LogP contribution in [0, 0.1) is 6.92 Å². The second-order valence-corrected chi connectivity index (χ2v) is 8.22. The number of para-hydroxylation sites is 1. The minimum atomic E-state index is -0.832. The summed E-state index contributed by atoms with van der Waals surface area (Å²) < 4.78 is 0. The number of carboxylic acid groups (broad SMARTS) is 1. The van der Waals surface area contributed by atoms with Gasteiger partial charge in [0.15, 0.2) is 0 Å². The van der Waals surface area contributed by atoms with Crippen LogP contribution in [0.4, 0.5) is 10.5 Å². The molecule has 2 fully saturated rings. The molecule has 2 saturated heterocycles. The summed E-state index contributed by atoms with van der Waals surface area (Å²) in [6.45, 7) is 2.02. The van der Waals surface area contributed by atoms with Gasteiger partial charge < -0.3 is 10.0 Å². The van der Waals surface area contributed by atoms with Gasteiger partial charge in [0.1, 0.15) is 0 Å². The monoisotopic (exact) mass is 356 g/mol. The highest BCUT2D eigenvalue weighted by Gasteiger charge is 2.42. The molecular formula is C20H24N2O2S. The average Bonchev–Trinajstić information content (AvgIpc) is 3.16. The number of aryl methyl sites for hydroxylation is 1. The van der Waals surface area contributed by atoms with Crippen molar-refractivity contribution in [3.05, 3.63) is 41.3 Å². The first-order chi connectivity index (χ1) is 12.1. The fourth-order valence-electron chi connectivity index (χ4n) is 4.64. The van der Waals surface area contributed by atoms with Crippen LogP contribution in [0.5, 0.6) is 0 Å². The second kappa shape index (κ2) is 6.46. The van der Waals surface area contributed by atoms with Crippen molar-refractivity contribution in [2.75, 3.05) is 11.9 Å². The minimum Gasteiger partial charge on any atom is -0.465 e. The topological polar surface area (TPSA) is 43.8 Å². The SMILES string of the molecule is Cc1cccc(-c2cccs2)c1N(C(=O)O)C1C[C@H]2CC[C@@H](C1)N2C. The lowest BCUT2D eigenvalue weighted by Crippen LogP contribution is -2.51. The van der Waals surface area contributed by atoms with Crippen LogP contribution in [0.15, 0.2) is 35.7 Å². The van der Waals surface area contributed by atoms with Gasteiger partial charge in [0, 0.05) is 28.6 Å². The molecule has 1 unspecified atom stereocenters. The van der Waals surface area contributed by atoms with Gasteiger partial charge in [0.25, 0.3) is 0 Å². The van der Waals surface area contributed by atoms with Gasteiger partial charge in [0.2, 0.25) is 0 Å². The first-order valence-corrected chi connectivity index (χ1v) is 9.82. The molecule has 3 atom stereocenters. The van der Waals surface area contributed by atoms with Crippen molar-refractivity contribution in [2.45, 2.75) is 50.7 Å². The molecule has 0 aliphatic carbocycles. The first kappa shape index (κ1) is 16.6. The second-order valence-electron chi connectivity index (χ2n) is 7.28. The number of benzene rings is 1. The zero-order chi connectivity index (χ0) is 17.6. The van der Waals surface area contributed by atoms with Crippen LogP contribution < -0.4 is 4.90 Å². The Morgan fingerprint density at radius 2 is 1.92 bits per heavy atom. The lowest BCUT2D eigenvalue weighted by atomic mass is 9.94. The van der Waals surface area contributed by atoms with Crippen LogP contribution in [0.25, 0.3) is 10.4 Å². The van der Waals surface area contributed by atoms with Crippen molar-refractivity contribution in [3.8, 4) is 10.4 Å². The molecule has 1 aromatic heterocycles. The summed E-state index contributed by atoms with van der Waals surface area (Å²) in [5.41, 5.74) is 2.93. The van der Waals surface area contributed by atoms with Crippen LogP contribution in [0.2, 0.25) is 0 Å². The number of anilines is 1. The molecule has 0 radical (unpaired) electrons. The van der Waals surface area contributed by atoms with E-state index in [9.17, 15) is 9.90 Å². The number of piperidine rings is 1. The molecule has 1 amide bonds. The van der Waals surface area contributed by atoms with E-state index in [2.05, 4.69) is 18.0 Å². The van der Waals surface area contributed by atoms with E-state index < -0.39 is 6.09 Å². The van der Waals surface area contributed by atoms with Crippen molar-refractivity contribution < 1.29 is 9.90 Å². The van der Waals surface area contributed by atoms with Crippen molar-refractivity contribution >= 4 is 23.1 Å². The van der Waals surface area contributed by atoms with Crippen molar-refractivity contribution in [1.82, 2.24) is 4.90 Å². The van der Waals surface area contributed by atoms with Crippen LogP contribution in [0.1, 0.15) is 31.2 Å². The molecule has 1 N–H and O–H groups in total. The molecule has 4 rings (SSSR count). The van der Waals surface area contributed by atoms with E-state index in [1.165, 1.54) is 12.8 Å². The van der Waals surface area contributed by atoms with E-state index in [0.29, 0.717) is 12.1 Å². The van der Waals surface area contributed by atoms with E-state index in [4.69, 9.17) is 0 Å². The number of rotatable bonds is 3. The van der Waals surface area contributed by atoms with Gasteiger partial charge >= 0.3 is 6.09 Å². The summed E-state index contributed by atoms with van der Waals surface area (Å²) >= 11 is 1.66. The van der Waals surface area contributed by atoms with Crippen LogP contribution in [0.3, 0.4) is 0 Å². The van der Waals surface area contributed by atoms with Gasteiger partial charge in [-0.1, -0.05) is 24.3 Å². The lowest BCUT2D eigenvalue weighted by Gasteiger charge is -2.41. The molecule has 0 spiro atoms. The predicted molar refractivity (Wildman–Crippen MR) is 103 cm³/mol. The zero-order valence-electron chi connectivity index (χ0n) is 14.7. The Labute approximate surface area is 152 Å². The number of nitrogens with zero attached hydrogens (tertiary/aromatic N) is 2. The molecule has 3 heterocycles. The minimum absolute atomic E-state index is 0.0611. The van der Waals surface area contributed by atoms with Crippen molar-refractivity contribution in [1.29, 1.82) is 0 Å². The summed E-state index contributed by atoms with van der Waals surface area (Å²) in [6.07, 6.45) is 3.41. The summed E-state index contributed by atoms with van der Waals surface area (Å²) in [5, 5.41) is 12.1. The Morgan fingerprint density at radius 3 is 2.52 bits per heavy atom. The Balaban J connectivity index is 1.77. The highest BCUT2D eigenvalue weighted by molar-refractivity contribution is 7.13. The summed E-state index contributed by atoms with van der Waals surface area (Å²) in [4.78, 5) is 17.6. The maximum absolute atomic E-state index is 12.3. The molecule has 1 aromatic carbocycles. The quantitative estimate of drug-likeness (QED) is 0.856. The average molecular weight is 356 g/mol. The predicted octanol–water partition coefficient (Wildman–Crippen LogP) is 4.83. The largest absolute Gasteiger partial charge is 0.465 e. The Hall–Kier alpha value is -1.85.